The summed E-state index contributed by atoms with van der Waals surface area (Å²) in [5, 5.41) is 0. The molecule has 0 saturated carbocycles. The molecule has 2 aromatic heterocycles. The Labute approximate surface area is 140 Å². The van der Waals surface area contributed by atoms with Crippen LogP contribution in [0.5, 0.6) is 5.88 Å². The standard InChI is InChI=1S/C19H19N3O2/c1-2-24-18-15-9-5-6-10-17(15)22-11-16(20-19(22)21-18)14-8-4-3-7-13(14)12-23/h3-4,7-8,11-12H,2,5-6,9-10H2,1H3. The van der Waals surface area contributed by atoms with Crippen molar-refractivity contribution >= 4 is 12.1 Å². The van der Waals surface area contributed by atoms with Crippen LogP contribution in [-0.4, -0.2) is 27.3 Å². The van der Waals surface area contributed by atoms with Gasteiger partial charge in [-0.2, -0.15) is 4.98 Å². The Morgan fingerprint density at radius 3 is 2.88 bits per heavy atom. The number of hydrogen-bond donors (Lipinski definition) is 0. The Bertz CT molecular complexity index is 914. The number of carbonyl (C=O) groups excluding carboxylic acids is 1. The van der Waals surface area contributed by atoms with Crippen LogP contribution in [-0.2, 0) is 12.8 Å². The summed E-state index contributed by atoms with van der Waals surface area (Å²) in [5.74, 6) is 1.34. The molecule has 0 amide bonds. The monoisotopic (exact) mass is 321 g/mol. The average Bonchev–Trinajstić information content (AvgIpc) is 3.06. The van der Waals surface area contributed by atoms with Gasteiger partial charge in [0.15, 0.2) is 6.29 Å². The molecule has 1 aliphatic rings. The van der Waals surface area contributed by atoms with Crippen LogP contribution in [0, 0.1) is 0 Å². The van der Waals surface area contributed by atoms with Crippen molar-refractivity contribution in [3.05, 3.63) is 47.3 Å². The molecule has 24 heavy (non-hydrogen) atoms. The molecule has 122 valence electrons. The van der Waals surface area contributed by atoms with Gasteiger partial charge in [-0.25, -0.2) is 4.98 Å². The van der Waals surface area contributed by atoms with Gasteiger partial charge in [0.05, 0.1) is 12.3 Å². The third-order valence-electron chi connectivity index (χ3n) is 4.52. The fourth-order valence-electron chi connectivity index (χ4n) is 3.41. The van der Waals surface area contributed by atoms with Crippen LogP contribution in [0.15, 0.2) is 30.5 Å². The Morgan fingerprint density at radius 2 is 2.04 bits per heavy atom. The quantitative estimate of drug-likeness (QED) is 0.690. The van der Waals surface area contributed by atoms with Gasteiger partial charge < -0.3 is 4.74 Å². The van der Waals surface area contributed by atoms with Crippen LogP contribution >= 0.6 is 0 Å². The van der Waals surface area contributed by atoms with Crippen molar-refractivity contribution in [3.8, 4) is 17.1 Å². The first kappa shape index (κ1) is 14.9. The van der Waals surface area contributed by atoms with Crippen molar-refractivity contribution in [1.82, 2.24) is 14.4 Å². The van der Waals surface area contributed by atoms with Gasteiger partial charge in [0, 0.05) is 28.6 Å². The lowest BCUT2D eigenvalue weighted by Gasteiger charge is -2.19. The minimum absolute atomic E-state index is 0.594. The topological polar surface area (TPSA) is 56.5 Å². The summed E-state index contributed by atoms with van der Waals surface area (Å²) in [6.07, 6.45) is 7.18. The molecule has 0 N–H and O–H groups in total. The summed E-state index contributed by atoms with van der Waals surface area (Å²) in [4.78, 5) is 20.6. The smallest absolute Gasteiger partial charge is 0.237 e. The number of rotatable bonds is 4. The maximum absolute atomic E-state index is 11.3. The molecule has 5 heteroatoms. The van der Waals surface area contributed by atoms with E-state index in [2.05, 4.69) is 14.4 Å². The first-order valence-electron chi connectivity index (χ1n) is 8.40. The summed E-state index contributed by atoms with van der Waals surface area (Å²) in [6, 6.07) is 7.50. The van der Waals surface area contributed by atoms with Crippen molar-refractivity contribution in [1.29, 1.82) is 0 Å². The predicted molar refractivity (Wildman–Crippen MR) is 91.6 cm³/mol. The van der Waals surface area contributed by atoms with E-state index < -0.39 is 0 Å². The number of imidazole rings is 1. The van der Waals surface area contributed by atoms with Crippen LogP contribution in [0.2, 0.25) is 0 Å². The lowest BCUT2D eigenvalue weighted by Crippen LogP contribution is -2.12. The van der Waals surface area contributed by atoms with Crippen LogP contribution in [0.25, 0.3) is 17.0 Å². The van der Waals surface area contributed by atoms with E-state index in [1.54, 1.807) is 6.07 Å². The van der Waals surface area contributed by atoms with Gasteiger partial charge >= 0.3 is 0 Å². The van der Waals surface area contributed by atoms with Crippen molar-refractivity contribution in [2.45, 2.75) is 32.6 Å². The maximum Gasteiger partial charge on any atom is 0.237 e. The maximum atomic E-state index is 11.3. The second-order valence-electron chi connectivity index (χ2n) is 5.98. The van der Waals surface area contributed by atoms with Gasteiger partial charge in [-0.3, -0.25) is 9.20 Å². The first-order valence-corrected chi connectivity index (χ1v) is 8.40. The number of hydrogen-bond acceptors (Lipinski definition) is 4. The van der Waals surface area contributed by atoms with E-state index >= 15 is 0 Å². The van der Waals surface area contributed by atoms with E-state index in [4.69, 9.17) is 4.74 Å². The number of carbonyl (C=O) groups is 1. The predicted octanol–water partition coefficient (Wildman–Crippen LogP) is 3.49. The lowest BCUT2D eigenvalue weighted by atomic mass is 9.96. The van der Waals surface area contributed by atoms with E-state index in [1.165, 1.54) is 11.3 Å². The van der Waals surface area contributed by atoms with Gasteiger partial charge in [-0.05, 0) is 32.6 Å². The zero-order chi connectivity index (χ0) is 16.5. The van der Waals surface area contributed by atoms with Crippen LogP contribution in [0.1, 0.15) is 41.4 Å². The Hall–Kier alpha value is -2.69. The van der Waals surface area contributed by atoms with Crippen LogP contribution in [0.4, 0.5) is 0 Å². The van der Waals surface area contributed by atoms with Gasteiger partial charge in [-0.1, -0.05) is 24.3 Å². The number of fused-ring (bicyclic) bond motifs is 3. The van der Waals surface area contributed by atoms with Gasteiger partial charge in [0.1, 0.15) is 0 Å². The molecule has 0 spiro atoms. The summed E-state index contributed by atoms with van der Waals surface area (Å²) < 4.78 is 7.82. The zero-order valence-corrected chi connectivity index (χ0v) is 13.7. The summed E-state index contributed by atoms with van der Waals surface area (Å²) in [5.41, 5.74) is 4.67. The van der Waals surface area contributed by atoms with E-state index in [0.29, 0.717) is 23.8 Å². The van der Waals surface area contributed by atoms with Gasteiger partial charge in [0.25, 0.3) is 0 Å². The fraction of sp³-hybridized carbons (Fsp3) is 0.316. The molecule has 0 aliphatic heterocycles. The third-order valence-corrected chi connectivity index (χ3v) is 4.52. The average molecular weight is 321 g/mol. The highest BCUT2D eigenvalue weighted by atomic mass is 16.5. The summed E-state index contributed by atoms with van der Waals surface area (Å²) >= 11 is 0. The van der Waals surface area contributed by atoms with Gasteiger partial charge in [0.2, 0.25) is 11.7 Å². The molecule has 3 aromatic rings. The van der Waals surface area contributed by atoms with Crippen molar-refractivity contribution in [2.24, 2.45) is 0 Å². The molecule has 1 aromatic carbocycles. The van der Waals surface area contributed by atoms with E-state index in [9.17, 15) is 4.79 Å². The number of nitrogens with zero attached hydrogens (tertiary/aromatic N) is 3. The molecular formula is C19H19N3O2. The molecule has 0 unspecified atom stereocenters. The fourth-order valence-corrected chi connectivity index (χ4v) is 3.41. The van der Waals surface area contributed by atoms with Crippen molar-refractivity contribution in [3.63, 3.8) is 0 Å². The van der Waals surface area contributed by atoms with E-state index in [0.717, 1.165) is 43.2 Å². The number of benzene rings is 1. The highest BCUT2D eigenvalue weighted by Gasteiger charge is 2.21. The molecular weight excluding hydrogens is 302 g/mol. The number of aryl methyl sites for hydroxylation is 1. The van der Waals surface area contributed by atoms with Crippen molar-refractivity contribution in [2.75, 3.05) is 6.61 Å². The minimum atomic E-state index is 0.594. The number of aldehydes is 1. The molecule has 0 bridgehead atoms. The van der Waals surface area contributed by atoms with Crippen molar-refractivity contribution < 1.29 is 9.53 Å². The number of aromatic nitrogens is 3. The van der Waals surface area contributed by atoms with Gasteiger partial charge in [-0.15, -0.1) is 0 Å². The normalized spacial score (nSPS) is 13.7. The summed E-state index contributed by atoms with van der Waals surface area (Å²) in [6.45, 7) is 2.57. The van der Waals surface area contributed by atoms with E-state index in [1.807, 2.05) is 31.3 Å². The molecule has 1 aliphatic carbocycles. The number of ether oxygens (including phenoxy) is 1. The second kappa shape index (κ2) is 6.07. The molecule has 2 heterocycles. The Kier molecular flexibility index (Phi) is 3.76. The summed E-state index contributed by atoms with van der Waals surface area (Å²) in [7, 11) is 0. The highest BCUT2D eigenvalue weighted by molar-refractivity contribution is 5.86. The molecule has 0 radical (unpaired) electrons. The zero-order valence-electron chi connectivity index (χ0n) is 13.7. The van der Waals surface area contributed by atoms with E-state index in [-0.39, 0.29) is 0 Å². The Balaban J connectivity index is 1.93. The minimum Gasteiger partial charge on any atom is -0.478 e. The molecule has 0 saturated heterocycles. The SMILES string of the molecule is CCOc1nc2nc(-c3ccccc3C=O)cn2c2c1CCCC2. The molecule has 4 rings (SSSR count). The third kappa shape index (κ3) is 2.37. The molecule has 0 atom stereocenters. The molecule has 0 fully saturated rings. The highest BCUT2D eigenvalue weighted by Crippen LogP contribution is 2.31. The van der Waals surface area contributed by atoms with Crippen LogP contribution < -0.4 is 4.74 Å². The molecule has 5 nitrogen and oxygen atoms in total. The first-order chi connectivity index (χ1) is 11.8. The second-order valence-corrected chi connectivity index (χ2v) is 5.98. The van der Waals surface area contributed by atoms with Crippen LogP contribution in [0.3, 0.4) is 0 Å². The largest absolute Gasteiger partial charge is 0.478 e. The Morgan fingerprint density at radius 1 is 1.21 bits per heavy atom. The lowest BCUT2D eigenvalue weighted by molar-refractivity contribution is 0.112.